The van der Waals surface area contributed by atoms with Gasteiger partial charge in [-0.1, -0.05) is 130 Å². The first-order valence-corrected chi connectivity index (χ1v) is 9.97. The van der Waals surface area contributed by atoms with Gasteiger partial charge in [-0.05, 0) is 30.5 Å². The van der Waals surface area contributed by atoms with Crippen molar-refractivity contribution in [2.45, 2.75) is 26.2 Å². The van der Waals surface area contributed by atoms with Gasteiger partial charge in [0.1, 0.15) is 0 Å². The first-order valence-electron chi connectivity index (χ1n) is 9.97. The maximum absolute atomic E-state index is 3.42. The van der Waals surface area contributed by atoms with E-state index in [9.17, 15) is 0 Å². The molecule has 0 spiro atoms. The molecule has 0 nitrogen and oxygen atoms in total. The van der Waals surface area contributed by atoms with Gasteiger partial charge < -0.3 is 0 Å². The average molecular weight is 384 g/mol. The van der Waals surface area contributed by atoms with E-state index in [2.05, 4.69) is 125 Å². The van der Waals surface area contributed by atoms with Crippen LogP contribution in [0.1, 0.15) is 37.5 Å². The molecule has 0 atom stereocenters. The van der Waals surface area contributed by atoms with Crippen molar-refractivity contribution in [3.05, 3.63) is 153 Å². The summed E-state index contributed by atoms with van der Waals surface area (Å²) in [6, 6.07) is 32.1. The Hall–Kier alpha value is -3.12. The third-order valence-corrected chi connectivity index (χ3v) is 4.33. The smallest absolute Gasteiger partial charge is 0.0423 e. The Morgan fingerprint density at radius 1 is 0.621 bits per heavy atom. The average Bonchev–Trinajstić information content (AvgIpc) is 2.84. The Morgan fingerprint density at radius 3 is 1.07 bits per heavy atom. The van der Waals surface area contributed by atoms with Crippen LogP contribution < -0.4 is 0 Å². The van der Waals surface area contributed by atoms with Crippen molar-refractivity contribution in [2.24, 2.45) is 0 Å². The van der Waals surface area contributed by atoms with Crippen LogP contribution >= 0.6 is 0 Å². The summed E-state index contributed by atoms with van der Waals surface area (Å²) in [5.41, 5.74) is 3.83. The van der Waals surface area contributed by atoms with Gasteiger partial charge in [-0.2, -0.15) is 0 Å². The van der Waals surface area contributed by atoms with Crippen molar-refractivity contribution in [2.75, 3.05) is 0 Å². The molecule has 0 unspecified atom stereocenters. The SMILES string of the molecule is C=C.CC.CC(c1ccccc1)(c1ccccc1)c1ccccc1.[CH2]/C=C/C=C. The summed E-state index contributed by atoms with van der Waals surface area (Å²) in [7, 11) is 0. The molecule has 0 aromatic heterocycles. The van der Waals surface area contributed by atoms with Crippen LogP contribution in [0.5, 0.6) is 0 Å². The van der Waals surface area contributed by atoms with Gasteiger partial charge in [0.05, 0.1) is 0 Å². The lowest BCUT2D eigenvalue weighted by Crippen LogP contribution is -2.25. The first kappa shape index (κ1) is 25.9. The number of benzene rings is 3. The predicted molar refractivity (Wildman–Crippen MR) is 132 cm³/mol. The van der Waals surface area contributed by atoms with E-state index < -0.39 is 0 Å². The summed E-state index contributed by atoms with van der Waals surface area (Å²) in [6.45, 7) is 19.1. The fourth-order valence-corrected chi connectivity index (χ4v) is 2.91. The van der Waals surface area contributed by atoms with Crippen LogP contribution in [0.15, 0.2) is 129 Å². The molecule has 0 amide bonds. The normalized spacial score (nSPS) is 9.66. The van der Waals surface area contributed by atoms with Crippen LogP contribution in [0.3, 0.4) is 0 Å². The van der Waals surface area contributed by atoms with E-state index in [1.54, 1.807) is 18.2 Å². The lowest BCUT2D eigenvalue weighted by Gasteiger charge is -2.31. The zero-order valence-corrected chi connectivity index (χ0v) is 18.2. The van der Waals surface area contributed by atoms with E-state index in [1.807, 2.05) is 13.8 Å². The van der Waals surface area contributed by atoms with E-state index in [0.29, 0.717) is 0 Å². The van der Waals surface area contributed by atoms with Crippen LogP contribution in [-0.4, -0.2) is 0 Å². The fraction of sp³-hybridized carbons (Fsp3) is 0.138. The fourth-order valence-electron chi connectivity index (χ4n) is 2.91. The molecule has 0 aliphatic rings. The van der Waals surface area contributed by atoms with Gasteiger partial charge in [0.15, 0.2) is 0 Å². The highest BCUT2D eigenvalue weighted by Crippen LogP contribution is 2.38. The molecular formula is C29H35. The quantitative estimate of drug-likeness (QED) is 0.241. The van der Waals surface area contributed by atoms with E-state index in [-0.39, 0.29) is 5.41 Å². The number of hydrogen-bond acceptors (Lipinski definition) is 0. The summed E-state index contributed by atoms with van der Waals surface area (Å²) < 4.78 is 0. The van der Waals surface area contributed by atoms with Crippen LogP contribution in [0, 0.1) is 6.92 Å². The number of allylic oxidation sites excluding steroid dienone is 3. The summed E-state index contributed by atoms with van der Waals surface area (Å²) in [5.74, 6) is 0. The summed E-state index contributed by atoms with van der Waals surface area (Å²) >= 11 is 0. The van der Waals surface area contributed by atoms with Crippen LogP contribution in [0.4, 0.5) is 0 Å². The van der Waals surface area contributed by atoms with Gasteiger partial charge in [0.25, 0.3) is 0 Å². The van der Waals surface area contributed by atoms with Gasteiger partial charge in [0.2, 0.25) is 0 Å². The molecule has 0 heteroatoms. The molecule has 0 heterocycles. The highest BCUT2D eigenvalue weighted by molar-refractivity contribution is 5.49. The minimum Gasteiger partial charge on any atom is -0.106 e. The van der Waals surface area contributed by atoms with Gasteiger partial charge in [-0.25, -0.2) is 0 Å². The largest absolute Gasteiger partial charge is 0.106 e. The number of hydrogen-bond donors (Lipinski definition) is 0. The maximum Gasteiger partial charge on any atom is 0.0423 e. The third kappa shape index (κ3) is 7.79. The zero-order valence-electron chi connectivity index (χ0n) is 18.2. The van der Waals surface area contributed by atoms with E-state index in [4.69, 9.17) is 0 Å². The molecule has 0 saturated carbocycles. The molecule has 0 aliphatic heterocycles. The molecular weight excluding hydrogens is 348 g/mol. The minimum atomic E-state index is -0.121. The zero-order chi connectivity index (χ0) is 22.0. The van der Waals surface area contributed by atoms with Gasteiger partial charge in [0, 0.05) is 5.41 Å². The van der Waals surface area contributed by atoms with Gasteiger partial charge in [-0.3, -0.25) is 0 Å². The lowest BCUT2D eigenvalue weighted by atomic mass is 9.71. The van der Waals surface area contributed by atoms with Crippen molar-refractivity contribution in [3.8, 4) is 0 Å². The minimum absolute atomic E-state index is 0.121. The Bertz CT molecular complexity index is 687. The number of rotatable bonds is 4. The molecule has 151 valence electrons. The molecule has 1 radical (unpaired) electrons. The molecule has 3 rings (SSSR count). The van der Waals surface area contributed by atoms with Crippen molar-refractivity contribution >= 4 is 0 Å². The van der Waals surface area contributed by atoms with E-state index >= 15 is 0 Å². The van der Waals surface area contributed by atoms with Crippen LogP contribution in [0.2, 0.25) is 0 Å². The molecule has 3 aromatic carbocycles. The van der Waals surface area contributed by atoms with E-state index in [0.717, 1.165) is 0 Å². The molecule has 3 aromatic rings. The molecule has 0 aliphatic carbocycles. The van der Waals surface area contributed by atoms with Crippen molar-refractivity contribution in [1.82, 2.24) is 0 Å². The van der Waals surface area contributed by atoms with Crippen LogP contribution in [0.25, 0.3) is 0 Å². The van der Waals surface area contributed by atoms with E-state index in [1.165, 1.54) is 16.7 Å². The van der Waals surface area contributed by atoms with Crippen molar-refractivity contribution < 1.29 is 0 Å². The Kier molecular flexibility index (Phi) is 14.2. The topological polar surface area (TPSA) is 0 Å². The summed E-state index contributed by atoms with van der Waals surface area (Å²) in [4.78, 5) is 0. The molecule has 0 fully saturated rings. The standard InChI is InChI=1S/C20H18.C5H7.C2H6.C2H4/c1-20(17-11-5-2-6-12-17,18-13-7-3-8-14-18)19-15-9-4-10-16-19;1-3-5-4-2;2*1-2/h2-16H,1H3;3-5H,1-2H2;1-2H3;1-2H2/b;5-3+;;. The molecule has 0 saturated heterocycles. The molecule has 0 bridgehead atoms. The van der Waals surface area contributed by atoms with Crippen LogP contribution in [-0.2, 0) is 5.41 Å². The lowest BCUT2D eigenvalue weighted by molar-refractivity contribution is 0.692. The highest BCUT2D eigenvalue weighted by Gasteiger charge is 2.30. The predicted octanol–water partition coefficient (Wildman–Crippen LogP) is 8.43. The molecule has 0 N–H and O–H groups in total. The first-order chi connectivity index (χ1) is 14.2. The highest BCUT2D eigenvalue weighted by atomic mass is 14.3. The summed E-state index contributed by atoms with van der Waals surface area (Å²) in [5, 5.41) is 0. The maximum atomic E-state index is 3.42. The second-order valence-electron chi connectivity index (χ2n) is 5.89. The Morgan fingerprint density at radius 2 is 0.897 bits per heavy atom. The second kappa shape index (κ2) is 15.9. The third-order valence-electron chi connectivity index (χ3n) is 4.33. The second-order valence-corrected chi connectivity index (χ2v) is 5.89. The monoisotopic (exact) mass is 383 g/mol. The van der Waals surface area contributed by atoms with Gasteiger partial charge >= 0.3 is 0 Å². The van der Waals surface area contributed by atoms with Gasteiger partial charge in [-0.15, -0.1) is 13.2 Å². The Labute approximate surface area is 179 Å². The van der Waals surface area contributed by atoms with Crippen molar-refractivity contribution in [3.63, 3.8) is 0 Å². The molecule has 29 heavy (non-hydrogen) atoms. The summed E-state index contributed by atoms with van der Waals surface area (Å²) in [6.07, 6.45) is 5.15. The van der Waals surface area contributed by atoms with Crippen molar-refractivity contribution in [1.29, 1.82) is 0 Å². The Balaban J connectivity index is 0.000000752.